The first-order chi connectivity index (χ1) is 8.34. The van der Waals surface area contributed by atoms with Crippen molar-refractivity contribution in [1.82, 2.24) is 4.90 Å². The van der Waals surface area contributed by atoms with E-state index in [0.717, 1.165) is 12.8 Å². The van der Waals surface area contributed by atoms with Gasteiger partial charge in [-0.1, -0.05) is 33.6 Å². The topological polar surface area (TPSA) is 57.6 Å². The van der Waals surface area contributed by atoms with Crippen molar-refractivity contribution in [3.05, 3.63) is 0 Å². The molecular formula is C14H23NO3. The van der Waals surface area contributed by atoms with Gasteiger partial charge in [-0.2, -0.15) is 0 Å². The summed E-state index contributed by atoms with van der Waals surface area (Å²) < 4.78 is 0. The summed E-state index contributed by atoms with van der Waals surface area (Å²) in [5, 5.41) is 10.6. The van der Waals surface area contributed by atoms with Crippen molar-refractivity contribution >= 4 is 11.8 Å². The third-order valence-electron chi connectivity index (χ3n) is 4.58. The summed E-state index contributed by atoms with van der Waals surface area (Å²) in [4.78, 5) is 25.3. The molecule has 4 atom stereocenters. The van der Waals surface area contributed by atoms with Gasteiger partial charge in [0.1, 0.15) is 0 Å². The Kier molecular flexibility index (Phi) is 3.49. The third kappa shape index (κ3) is 2.30. The largest absolute Gasteiger partial charge is 0.388 e. The highest BCUT2D eigenvalue weighted by Gasteiger charge is 2.46. The Morgan fingerprint density at radius 3 is 2.28 bits per heavy atom. The van der Waals surface area contributed by atoms with Crippen LogP contribution in [0.4, 0.5) is 0 Å². The number of likely N-dealkylation sites (tertiary alicyclic amines) is 1. The van der Waals surface area contributed by atoms with E-state index in [1.807, 2.05) is 0 Å². The summed E-state index contributed by atoms with van der Waals surface area (Å²) in [6.45, 7) is 5.88. The van der Waals surface area contributed by atoms with Crippen LogP contribution in [0.3, 0.4) is 0 Å². The first kappa shape index (κ1) is 13.5. The van der Waals surface area contributed by atoms with E-state index in [2.05, 4.69) is 6.92 Å². The number of imide groups is 1. The third-order valence-corrected chi connectivity index (χ3v) is 4.58. The molecule has 0 radical (unpaired) electrons. The summed E-state index contributed by atoms with van der Waals surface area (Å²) in [7, 11) is 0. The highest BCUT2D eigenvalue weighted by atomic mass is 16.3. The lowest BCUT2D eigenvalue weighted by Crippen LogP contribution is -2.48. The van der Waals surface area contributed by atoms with Gasteiger partial charge in [-0.15, -0.1) is 0 Å². The van der Waals surface area contributed by atoms with Gasteiger partial charge in [0.25, 0.3) is 0 Å². The fourth-order valence-corrected chi connectivity index (χ4v) is 3.25. The van der Waals surface area contributed by atoms with Gasteiger partial charge >= 0.3 is 0 Å². The van der Waals surface area contributed by atoms with Crippen LogP contribution in [0.2, 0.25) is 0 Å². The maximum absolute atomic E-state index is 12.0. The second-order valence-corrected chi connectivity index (χ2v) is 6.27. The Labute approximate surface area is 108 Å². The van der Waals surface area contributed by atoms with Gasteiger partial charge in [-0.3, -0.25) is 14.5 Å². The van der Waals surface area contributed by atoms with Crippen LogP contribution in [0, 0.1) is 17.8 Å². The number of hydrogen-bond donors (Lipinski definition) is 1. The van der Waals surface area contributed by atoms with E-state index < -0.39 is 5.60 Å². The van der Waals surface area contributed by atoms with Crippen LogP contribution >= 0.6 is 0 Å². The van der Waals surface area contributed by atoms with E-state index in [1.54, 1.807) is 13.8 Å². The van der Waals surface area contributed by atoms with Crippen molar-refractivity contribution < 1.29 is 14.7 Å². The molecule has 4 unspecified atom stereocenters. The lowest BCUT2D eigenvalue weighted by atomic mass is 9.78. The maximum Gasteiger partial charge on any atom is 0.232 e. The van der Waals surface area contributed by atoms with Gasteiger partial charge in [0.15, 0.2) is 0 Å². The van der Waals surface area contributed by atoms with Crippen LogP contribution in [0.1, 0.15) is 46.5 Å². The molecule has 0 bridgehead atoms. The van der Waals surface area contributed by atoms with E-state index in [4.69, 9.17) is 0 Å². The summed E-state index contributed by atoms with van der Waals surface area (Å²) >= 11 is 0. The lowest BCUT2D eigenvalue weighted by Gasteiger charge is -2.37. The second kappa shape index (κ2) is 4.65. The lowest BCUT2D eigenvalue weighted by molar-refractivity contribution is -0.145. The molecular weight excluding hydrogens is 230 g/mol. The monoisotopic (exact) mass is 253 g/mol. The molecule has 1 saturated carbocycles. The fraction of sp³-hybridized carbons (Fsp3) is 0.857. The van der Waals surface area contributed by atoms with E-state index in [9.17, 15) is 14.7 Å². The molecule has 1 heterocycles. The normalized spacial score (nSPS) is 41.6. The standard InChI is InChI=1S/C14H23NO3/c1-9-5-4-6-14(18,7-9)8-15-12(16)10(2)11(3)13(15)17/h9-11,18H,4-8H2,1-3H3. The minimum atomic E-state index is -0.868. The number of nitrogens with zero attached hydrogens (tertiary/aromatic N) is 1. The minimum Gasteiger partial charge on any atom is -0.388 e. The highest BCUT2D eigenvalue weighted by molar-refractivity contribution is 6.04. The molecule has 0 aromatic heterocycles. The summed E-state index contributed by atoms with van der Waals surface area (Å²) in [5.74, 6) is -0.283. The van der Waals surface area contributed by atoms with Gasteiger partial charge in [0, 0.05) is 11.8 Å². The number of carbonyl (C=O) groups is 2. The van der Waals surface area contributed by atoms with Crippen LogP contribution in [0.5, 0.6) is 0 Å². The molecule has 2 aliphatic rings. The zero-order valence-corrected chi connectivity index (χ0v) is 11.5. The van der Waals surface area contributed by atoms with E-state index >= 15 is 0 Å². The molecule has 102 valence electrons. The molecule has 2 rings (SSSR count). The number of β-amino-alcohol motifs (C(OH)–C–C–N with tert-alkyl or cyclic N) is 1. The molecule has 0 aromatic carbocycles. The van der Waals surface area contributed by atoms with Gasteiger partial charge in [0.05, 0.1) is 12.1 Å². The smallest absolute Gasteiger partial charge is 0.232 e. The van der Waals surface area contributed by atoms with Crippen LogP contribution < -0.4 is 0 Å². The Hall–Kier alpha value is -0.900. The predicted octanol–water partition coefficient (Wildman–Crippen LogP) is 1.57. The minimum absolute atomic E-state index is 0.126. The SMILES string of the molecule is CC1CCCC(O)(CN2C(=O)C(C)C(C)C2=O)C1. The molecule has 1 N–H and O–H groups in total. The average molecular weight is 253 g/mol. The molecule has 0 spiro atoms. The molecule has 2 amide bonds. The van der Waals surface area contributed by atoms with Crippen LogP contribution in [-0.2, 0) is 9.59 Å². The molecule has 1 aliphatic heterocycles. The van der Waals surface area contributed by atoms with Crippen molar-refractivity contribution in [2.45, 2.75) is 52.1 Å². The molecule has 18 heavy (non-hydrogen) atoms. The molecule has 2 fully saturated rings. The number of rotatable bonds is 2. The first-order valence-corrected chi connectivity index (χ1v) is 6.92. The summed E-state index contributed by atoms with van der Waals surface area (Å²) in [5.41, 5.74) is -0.868. The van der Waals surface area contributed by atoms with Crippen molar-refractivity contribution in [2.75, 3.05) is 6.54 Å². The average Bonchev–Trinajstić information content (AvgIpc) is 2.46. The van der Waals surface area contributed by atoms with Crippen molar-refractivity contribution in [3.63, 3.8) is 0 Å². The van der Waals surface area contributed by atoms with Gasteiger partial charge in [-0.25, -0.2) is 0 Å². The molecule has 1 saturated heterocycles. The zero-order chi connectivity index (χ0) is 13.5. The van der Waals surface area contributed by atoms with Crippen LogP contribution in [0.25, 0.3) is 0 Å². The quantitative estimate of drug-likeness (QED) is 0.760. The Morgan fingerprint density at radius 1 is 1.22 bits per heavy atom. The van der Waals surface area contributed by atoms with Crippen LogP contribution in [-0.4, -0.2) is 34.0 Å². The van der Waals surface area contributed by atoms with Crippen molar-refractivity contribution in [1.29, 1.82) is 0 Å². The fourth-order valence-electron chi connectivity index (χ4n) is 3.25. The van der Waals surface area contributed by atoms with Crippen molar-refractivity contribution in [3.8, 4) is 0 Å². The molecule has 0 aromatic rings. The van der Waals surface area contributed by atoms with Crippen LogP contribution in [0.15, 0.2) is 0 Å². The molecule has 4 nitrogen and oxygen atoms in total. The second-order valence-electron chi connectivity index (χ2n) is 6.27. The number of hydrogen-bond acceptors (Lipinski definition) is 3. The van der Waals surface area contributed by atoms with E-state index in [0.29, 0.717) is 18.8 Å². The first-order valence-electron chi connectivity index (χ1n) is 6.92. The maximum atomic E-state index is 12.0. The summed E-state index contributed by atoms with van der Waals surface area (Å²) in [6, 6.07) is 0. The Bertz CT molecular complexity index is 348. The molecule has 4 heteroatoms. The van der Waals surface area contributed by atoms with Gasteiger partial charge in [0.2, 0.25) is 11.8 Å². The zero-order valence-electron chi connectivity index (χ0n) is 11.5. The van der Waals surface area contributed by atoms with Gasteiger partial charge < -0.3 is 5.11 Å². The number of aliphatic hydroxyl groups is 1. The van der Waals surface area contributed by atoms with Crippen molar-refractivity contribution in [2.24, 2.45) is 17.8 Å². The predicted molar refractivity (Wildman–Crippen MR) is 67.6 cm³/mol. The molecule has 1 aliphatic carbocycles. The van der Waals surface area contributed by atoms with E-state index in [-0.39, 0.29) is 30.2 Å². The van der Waals surface area contributed by atoms with Gasteiger partial charge in [-0.05, 0) is 18.8 Å². The number of amides is 2. The Balaban J connectivity index is 2.09. The highest BCUT2D eigenvalue weighted by Crippen LogP contribution is 2.35. The van der Waals surface area contributed by atoms with E-state index in [1.165, 1.54) is 4.90 Å². The number of carbonyl (C=O) groups excluding carboxylic acids is 2. The summed E-state index contributed by atoms with van der Waals surface area (Å²) in [6.07, 6.45) is 3.47. The Morgan fingerprint density at radius 2 is 1.78 bits per heavy atom.